The van der Waals surface area contributed by atoms with Gasteiger partial charge >= 0.3 is 0 Å². The van der Waals surface area contributed by atoms with E-state index < -0.39 is 0 Å². The fourth-order valence-electron chi connectivity index (χ4n) is 1.55. The molecule has 2 nitrogen and oxygen atoms in total. The zero-order valence-electron chi connectivity index (χ0n) is 8.75. The molecule has 3 heteroatoms. The Morgan fingerprint density at radius 2 is 2.13 bits per heavy atom. The Labute approximate surface area is 93.8 Å². The summed E-state index contributed by atoms with van der Waals surface area (Å²) in [6.07, 6.45) is 0. The van der Waals surface area contributed by atoms with Gasteiger partial charge in [-0.3, -0.25) is 4.98 Å². The fourth-order valence-corrected chi connectivity index (χ4v) is 1.86. The number of fused-ring (bicyclic) bond motifs is 1. The highest BCUT2D eigenvalue weighted by molar-refractivity contribution is 6.35. The number of ether oxygens (including phenoxy) is 1. The van der Waals surface area contributed by atoms with Crippen molar-refractivity contribution in [2.24, 2.45) is 0 Å². The van der Waals surface area contributed by atoms with Gasteiger partial charge < -0.3 is 4.74 Å². The maximum Gasteiger partial charge on any atom is 0.121 e. The number of benzene rings is 1. The molecule has 78 valence electrons. The van der Waals surface area contributed by atoms with Gasteiger partial charge in [0.05, 0.1) is 17.1 Å². The fraction of sp³-hybridized carbons (Fsp3) is 0.250. The predicted molar refractivity (Wildman–Crippen MR) is 62.7 cm³/mol. The topological polar surface area (TPSA) is 22.1 Å². The van der Waals surface area contributed by atoms with Crippen LogP contribution in [-0.4, -0.2) is 11.6 Å². The lowest BCUT2D eigenvalue weighted by Gasteiger charge is -2.06. The van der Waals surface area contributed by atoms with Crippen molar-refractivity contribution in [3.05, 3.63) is 35.0 Å². The van der Waals surface area contributed by atoms with Crippen LogP contribution < -0.4 is 4.74 Å². The van der Waals surface area contributed by atoms with Gasteiger partial charge in [-0.1, -0.05) is 11.6 Å². The lowest BCUT2D eigenvalue weighted by Crippen LogP contribution is -1.92. The van der Waals surface area contributed by atoms with E-state index in [9.17, 15) is 0 Å². The monoisotopic (exact) mass is 221 g/mol. The van der Waals surface area contributed by atoms with Gasteiger partial charge in [0.15, 0.2) is 0 Å². The summed E-state index contributed by atoms with van der Waals surface area (Å²) in [5, 5.41) is 1.70. The van der Waals surface area contributed by atoms with Crippen molar-refractivity contribution in [1.29, 1.82) is 0 Å². The highest BCUT2D eigenvalue weighted by Crippen LogP contribution is 2.26. The first-order valence-electron chi connectivity index (χ1n) is 4.90. The predicted octanol–water partition coefficient (Wildman–Crippen LogP) is 3.60. The molecule has 0 bridgehead atoms. The van der Waals surface area contributed by atoms with Crippen molar-refractivity contribution < 1.29 is 4.74 Å². The Balaban J connectivity index is 2.60. The largest absolute Gasteiger partial charge is 0.494 e. The Kier molecular flexibility index (Phi) is 2.78. The zero-order valence-corrected chi connectivity index (χ0v) is 9.51. The van der Waals surface area contributed by atoms with Gasteiger partial charge in [-0.15, -0.1) is 0 Å². The number of rotatable bonds is 2. The van der Waals surface area contributed by atoms with Crippen LogP contribution in [0.1, 0.15) is 12.6 Å². The van der Waals surface area contributed by atoms with Crippen LogP contribution in [0.25, 0.3) is 10.9 Å². The summed E-state index contributed by atoms with van der Waals surface area (Å²) < 4.78 is 5.41. The van der Waals surface area contributed by atoms with Crippen molar-refractivity contribution in [3.63, 3.8) is 0 Å². The molecule has 1 aromatic heterocycles. The van der Waals surface area contributed by atoms with Crippen molar-refractivity contribution in [2.75, 3.05) is 6.61 Å². The Bertz CT molecular complexity index is 496. The van der Waals surface area contributed by atoms with Gasteiger partial charge in [-0.2, -0.15) is 0 Å². The van der Waals surface area contributed by atoms with Gasteiger partial charge in [0.2, 0.25) is 0 Å². The van der Waals surface area contributed by atoms with E-state index in [4.69, 9.17) is 16.3 Å². The molecule has 0 spiro atoms. The molecule has 0 saturated carbocycles. The number of halogens is 1. The summed E-state index contributed by atoms with van der Waals surface area (Å²) in [7, 11) is 0. The highest BCUT2D eigenvalue weighted by Gasteiger charge is 2.03. The molecule has 1 aromatic carbocycles. The van der Waals surface area contributed by atoms with Crippen LogP contribution in [0.5, 0.6) is 5.75 Å². The van der Waals surface area contributed by atoms with Crippen LogP contribution in [0.4, 0.5) is 0 Å². The summed E-state index contributed by atoms with van der Waals surface area (Å²) >= 11 is 6.11. The smallest absolute Gasteiger partial charge is 0.121 e. The first kappa shape index (κ1) is 10.2. The van der Waals surface area contributed by atoms with Crippen molar-refractivity contribution in [1.82, 2.24) is 4.98 Å². The third-order valence-corrected chi connectivity index (χ3v) is 2.48. The van der Waals surface area contributed by atoms with Crippen LogP contribution in [0.2, 0.25) is 5.02 Å². The molecule has 0 aliphatic carbocycles. The number of aryl methyl sites for hydroxylation is 1. The maximum atomic E-state index is 6.11. The van der Waals surface area contributed by atoms with E-state index in [2.05, 4.69) is 4.98 Å². The number of pyridine rings is 1. The molecule has 0 N–H and O–H groups in total. The molecule has 0 unspecified atom stereocenters. The zero-order chi connectivity index (χ0) is 10.8. The quantitative estimate of drug-likeness (QED) is 0.773. The lowest BCUT2D eigenvalue weighted by atomic mass is 10.2. The molecule has 0 fully saturated rings. The number of aromatic nitrogens is 1. The van der Waals surface area contributed by atoms with Gasteiger partial charge in [0.1, 0.15) is 5.75 Å². The summed E-state index contributed by atoms with van der Waals surface area (Å²) in [4.78, 5) is 4.41. The average Bonchev–Trinajstić information content (AvgIpc) is 2.17. The summed E-state index contributed by atoms with van der Waals surface area (Å²) in [5.41, 5.74) is 1.80. The minimum absolute atomic E-state index is 0.658. The van der Waals surface area contributed by atoms with E-state index in [1.54, 1.807) is 0 Å². The van der Waals surface area contributed by atoms with Gasteiger partial charge in [-0.25, -0.2) is 0 Å². The van der Waals surface area contributed by atoms with E-state index in [-0.39, 0.29) is 0 Å². The summed E-state index contributed by atoms with van der Waals surface area (Å²) in [6.45, 7) is 4.55. The van der Waals surface area contributed by atoms with E-state index >= 15 is 0 Å². The number of nitrogens with zero attached hydrogens (tertiary/aromatic N) is 1. The molecule has 2 aromatic rings. The Hall–Kier alpha value is -1.28. The highest BCUT2D eigenvalue weighted by atomic mass is 35.5. The van der Waals surface area contributed by atoms with Crippen LogP contribution in [-0.2, 0) is 0 Å². The molecule has 0 amide bonds. The summed E-state index contributed by atoms with van der Waals surface area (Å²) in [6, 6.07) is 7.63. The molecule has 15 heavy (non-hydrogen) atoms. The van der Waals surface area contributed by atoms with Crippen molar-refractivity contribution in [2.45, 2.75) is 13.8 Å². The van der Waals surface area contributed by atoms with Crippen LogP contribution >= 0.6 is 11.6 Å². The van der Waals surface area contributed by atoms with E-state index in [1.807, 2.05) is 38.1 Å². The van der Waals surface area contributed by atoms with Crippen molar-refractivity contribution in [3.8, 4) is 5.75 Å². The molecular weight excluding hydrogens is 210 g/mol. The van der Waals surface area contributed by atoms with E-state index in [1.165, 1.54) is 0 Å². The second-order valence-electron chi connectivity index (χ2n) is 3.36. The SMILES string of the molecule is CCOc1ccc2c(Cl)cc(C)nc2c1. The molecular formula is C12H12ClNO. The van der Waals surface area contributed by atoms with Crippen LogP contribution in [0, 0.1) is 6.92 Å². The number of hydrogen-bond donors (Lipinski definition) is 0. The third kappa shape index (κ3) is 2.05. The maximum absolute atomic E-state index is 6.11. The average molecular weight is 222 g/mol. The molecule has 0 aliphatic rings. The second-order valence-corrected chi connectivity index (χ2v) is 3.76. The molecule has 0 radical (unpaired) electrons. The first-order valence-corrected chi connectivity index (χ1v) is 5.28. The Morgan fingerprint density at radius 3 is 2.87 bits per heavy atom. The molecule has 0 saturated heterocycles. The van der Waals surface area contributed by atoms with Crippen LogP contribution in [0.3, 0.4) is 0 Å². The Morgan fingerprint density at radius 1 is 1.33 bits per heavy atom. The summed E-state index contributed by atoms with van der Waals surface area (Å²) in [5.74, 6) is 0.833. The van der Waals surface area contributed by atoms with Gasteiger partial charge in [0.25, 0.3) is 0 Å². The molecule has 2 rings (SSSR count). The van der Waals surface area contributed by atoms with E-state index in [0.717, 1.165) is 27.4 Å². The molecule has 0 aliphatic heterocycles. The minimum atomic E-state index is 0.658. The van der Waals surface area contributed by atoms with Gasteiger partial charge in [-0.05, 0) is 32.0 Å². The second kappa shape index (κ2) is 4.07. The number of hydrogen-bond acceptors (Lipinski definition) is 2. The van der Waals surface area contributed by atoms with Crippen molar-refractivity contribution >= 4 is 22.5 Å². The van der Waals surface area contributed by atoms with Gasteiger partial charge in [0, 0.05) is 17.1 Å². The third-order valence-electron chi connectivity index (χ3n) is 2.17. The van der Waals surface area contributed by atoms with Crippen LogP contribution in [0.15, 0.2) is 24.3 Å². The lowest BCUT2D eigenvalue weighted by molar-refractivity contribution is 0.340. The molecule has 1 heterocycles. The minimum Gasteiger partial charge on any atom is -0.494 e. The molecule has 0 atom stereocenters. The normalized spacial score (nSPS) is 10.6. The van der Waals surface area contributed by atoms with E-state index in [0.29, 0.717) is 6.61 Å². The first-order chi connectivity index (χ1) is 7.20. The standard InChI is InChI=1S/C12H12ClNO/c1-3-15-9-4-5-10-11(13)6-8(2)14-12(10)7-9/h4-7H,3H2,1-2H3.